The molecule has 1 aliphatic carbocycles. The molecule has 0 bridgehead atoms. The SMILES string of the molecule is CCNC1CCC(CC)CC1CN(CCO)CCOC. The van der Waals surface area contributed by atoms with E-state index in [0.29, 0.717) is 12.0 Å². The summed E-state index contributed by atoms with van der Waals surface area (Å²) in [5, 5.41) is 12.9. The monoisotopic (exact) mass is 286 g/mol. The van der Waals surface area contributed by atoms with Gasteiger partial charge in [-0.3, -0.25) is 4.90 Å². The van der Waals surface area contributed by atoms with E-state index in [2.05, 4.69) is 24.1 Å². The first-order valence-electron chi connectivity index (χ1n) is 8.30. The van der Waals surface area contributed by atoms with E-state index >= 15 is 0 Å². The highest BCUT2D eigenvalue weighted by Crippen LogP contribution is 2.31. The minimum atomic E-state index is 0.236. The Morgan fingerprint density at radius 2 is 2.05 bits per heavy atom. The third-order valence-corrected chi connectivity index (χ3v) is 4.66. The molecule has 4 nitrogen and oxygen atoms in total. The molecular weight excluding hydrogens is 252 g/mol. The Hall–Kier alpha value is -0.160. The van der Waals surface area contributed by atoms with Crippen LogP contribution in [0.25, 0.3) is 0 Å². The second kappa shape index (κ2) is 10.6. The summed E-state index contributed by atoms with van der Waals surface area (Å²) >= 11 is 0. The van der Waals surface area contributed by atoms with Crippen molar-refractivity contribution < 1.29 is 9.84 Å². The van der Waals surface area contributed by atoms with Crippen LogP contribution in [0.1, 0.15) is 39.5 Å². The van der Waals surface area contributed by atoms with Gasteiger partial charge in [-0.25, -0.2) is 0 Å². The Labute approximate surface area is 124 Å². The molecule has 1 aliphatic rings. The predicted molar refractivity (Wildman–Crippen MR) is 84.0 cm³/mol. The van der Waals surface area contributed by atoms with Crippen molar-refractivity contribution in [2.45, 2.75) is 45.6 Å². The smallest absolute Gasteiger partial charge is 0.0589 e. The number of methoxy groups -OCH3 is 1. The van der Waals surface area contributed by atoms with E-state index in [0.717, 1.165) is 38.7 Å². The molecule has 0 saturated heterocycles. The zero-order chi connectivity index (χ0) is 14.8. The van der Waals surface area contributed by atoms with Crippen molar-refractivity contribution in [1.82, 2.24) is 10.2 Å². The van der Waals surface area contributed by atoms with Gasteiger partial charge in [0.25, 0.3) is 0 Å². The number of aliphatic hydroxyl groups is 1. The number of ether oxygens (including phenoxy) is 1. The molecular formula is C16H34N2O2. The van der Waals surface area contributed by atoms with Gasteiger partial charge in [0.2, 0.25) is 0 Å². The van der Waals surface area contributed by atoms with Gasteiger partial charge in [0.15, 0.2) is 0 Å². The van der Waals surface area contributed by atoms with Gasteiger partial charge in [0, 0.05) is 32.8 Å². The van der Waals surface area contributed by atoms with Crippen molar-refractivity contribution in [3.05, 3.63) is 0 Å². The van der Waals surface area contributed by atoms with Crippen LogP contribution in [-0.2, 0) is 4.74 Å². The maximum absolute atomic E-state index is 9.23. The molecule has 0 spiro atoms. The Kier molecular flexibility index (Phi) is 9.44. The molecule has 1 fully saturated rings. The lowest BCUT2D eigenvalue weighted by molar-refractivity contribution is 0.0931. The number of hydrogen-bond acceptors (Lipinski definition) is 4. The van der Waals surface area contributed by atoms with E-state index in [1.165, 1.54) is 25.7 Å². The molecule has 4 heteroatoms. The van der Waals surface area contributed by atoms with Crippen molar-refractivity contribution in [3.8, 4) is 0 Å². The second-order valence-corrected chi connectivity index (χ2v) is 6.03. The van der Waals surface area contributed by atoms with Gasteiger partial charge in [0.05, 0.1) is 13.2 Å². The number of hydrogen-bond donors (Lipinski definition) is 2. The van der Waals surface area contributed by atoms with Crippen LogP contribution in [0.5, 0.6) is 0 Å². The van der Waals surface area contributed by atoms with Crippen molar-refractivity contribution in [2.75, 3.05) is 46.5 Å². The fourth-order valence-electron chi connectivity index (χ4n) is 3.45. The molecule has 0 aromatic rings. The number of rotatable bonds is 10. The fourth-order valence-corrected chi connectivity index (χ4v) is 3.45. The summed E-state index contributed by atoms with van der Waals surface area (Å²) in [4.78, 5) is 2.36. The minimum Gasteiger partial charge on any atom is -0.395 e. The van der Waals surface area contributed by atoms with Gasteiger partial charge in [0.1, 0.15) is 0 Å². The van der Waals surface area contributed by atoms with Crippen molar-refractivity contribution >= 4 is 0 Å². The lowest BCUT2D eigenvalue weighted by Gasteiger charge is -2.39. The largest absolute Gasteiger partial charge is 0.395 e. The van der Waals surface area contributed by atoms with Gasteiger partial charge >= 0.3 is 0 Å². The van der Waals surface area contributed by atoms with E-state index in [1.54, 1.807) is 7.11 Å². The fraction of sp³-hybridized carbons (Fsp3) is 1.00. The van der Waals surface area contributed by atoms with E-state index in [4.69, 9.17) is 4.74 Å². The van der Waals surface area contributed by atoms with Crippen molar-refractivity contribution in [1.29, 1.82) is 0 Å². The average Bonchev–Trinajstić information content (AvgIpc) is 2.47. The van der Waals surface area contributed by atoms with Gasteiger partial charge in [-0.1, -0.05) is 20.3 Å². The van der Waals surface area contributed by atoms with Crippen molar-refractivity contribution in [3.63, 3.8) is 0 Å². The predicted octanol–water partition coefficient (Wildman–Crippen LogP) is 1.73. The molecule has 1 saturated carbocycles. The van der Waals surface area contributed by atoms with E-state index in [-0.39, 0.29) is 6.61 Å². The van der Waals surface area contributed by atoms with Gasteiger partial charge in [-0.05, 0) is 37.6 Å². The summed E-state index contributed by atoms with van der Waals surface area (Å²) < 4.78 is 5.19. The molecule has 0 aromatic carbocycles. The highest BCUT2D eigenvalue weighted by Gasteiger charge is 2.30. The van der Waals surface area contributed by atoms with Crippen LogP contribution in [0.3, 0.4) is 0 Å². The molecule has 3 atom stereocenters. The molecule has 0 aliphatic heterocycles. The van der Waals surface area contributed by atoms with Gasteiger partial charge < -0.3 is 15.2 Å². The third kappa shape index (κ3) is 6.08. The Bertz CT molecular complexity index is 239. The Morgan fingerprint density at radius 3 is 2.65 bits per heavy atom. The minimum absolute atomic E-state index is 0.236. The first-order chi connectivity index (χ1) is 9.74. The van der Waals surface area contributed by atoms with E-state index in [1.807, 2.05) is 0 Å². The highest BCUT2D eigenvalue weighted by atomic mass is 16.5. The normalized spacial score (nSPS) is 27.1. The first kappa shape index (κ1) is 17.9. The van der Waals surface area contributed by atoms with Crippen LogP contribution in [0.15, 0.2) is 0 Å². The molecule has 3 unspecified atom stereocenters. The summed E-state index contributed by atoms with van der Waals surface area (Å²) in [6, 6.07) is 0.645. The lowest BCUT2D eigenvalue weighted by atomic mass is 9.76. The van der Waals surface area contributed by atoms with Crippen molar-refractivity contribution in [2.24, 2.45) is 11.8 Å². The molecule has 0 radical (unpaired) electrons. The van der Waals surface area contributed by atoms with E-state index in [9.17, 15) is 5.11 Å². The van der Waals surface area contributed by atoms with Crippen LogP contribution in [0, 0.1) is 11.8 Å². The highest BCUT2D eigenvalue weighted by molar-refractivity contribution is 4.86. The van der Waals surface area contributed by atoms with Crippen LogP contribution < -0.4 is 5.32 Å². The number of nitrogens with zero attached hydrogens (tertiary/aromatic N) is 1. The quantitative estimate of drug-likeness (QED) is 0.642. The third-order valence-electron chi connectivity index (χ3n) is 4.66. The Balaban J connectivity index is 2.55. The van der Waals surface area contributed by atoms with Gasteiger partial charge in [-0.15, -0.1) is 0 Å². The molecule has 2 N–H and O–H groups in total. The van der Waals surface area contributed by atoms with Crippen LogP contribution >= 0.6 is 0 Å². The maximum Gasteiger partial charge on any atom is 0.0589 e. The lowest BCUT2D eigenvalue weighted by Crippen LogP contribution is -2.46. The zero-order valence-corrected chi connectivity index (χ0v) is 13.6. The summed E-state index contributed by atoms with van der Waals surface area (Å²) in [7, 11) is 1.74. The summed E-state index contributed by atoms with van der Waals surface area (Å²) in [6.07, 6.45) is 5.29. The average molecular weight is 286 g/mol. The van der Waals surface area contributed by atoms with Gasteiger partial charge in [-0.2, -0.15) is 0 Å². The number of nitrogens with one attached hydrogen (secondary N) is 1. The van der Waals surface area contributed by atoms with Crippen LogP contribution in [0.4, 0.5) is 0 Å². The molecule has 0 aromatic heterocycles. The van der Waals surface area contributed by atoms with Crippen LogP contribution in [-0.4, -0.2) is 62.6 Å². The molecule has 20 heavy (non-hydrogen) atoms. The van der Waals surface area contributed by atoms with Crippen LogP contribution in [0.2, 0.25) is 0 Å². The second-order valence-electron chi connectivity index (χ2n) is 6.03. The molecule has 0 heterocycles. The van der Waals surface area contributed by atoms with E-state index < -0.39 is 0 Å². The molecule has 1 rings (SSSR count). The summed E-state index contributed by atoms with van der Waals surface area (Å²) in [5.74, 6) is 1.59. The Morgan fingerprint density at radius 1 is 1.25 bits per heavy atom. The topological polar surface area (TPSA) is 44.7 Å². The first-order valence-corrected chi connectivity index (χ1v) is 8.30. The standard InChI is InChI=1S/C16H34N2O2/c1-4-14-6-7-16(17-5-2)15(12-14)13-18(8-10-19)9-11-20-3/h14-17,19H,4-13H2,1-3H3. The summed E-state index contributed by atoms with van der Waals surface area (Å²) in [5.41, 5.74) is 0. The summed E-state index contributed by atoms with van der Waals surface area (Å²) in [6.45, 7) is 9.30. The number of aliphatic hydroxyl groups excluding tert-OH is 1. The molecule has 0 amide bonds. The zero-order valence-electron chi connectivity index (χ0n) is 13.6. The molecule has 120 valence electrons. The maximum atomic E-state index is 9.23.